The van der Waals surface area contributed by atoms with Crippen LogP contribution in [0.2, 0.25) is 0 Å². The molecule has 1 atom stereocenters. The summed E-state index contributed by atoms with van der Waals surface area (Å²) in [6.45, 7) is 3.65. The number of halogens is 2. The van der Waals surface area contributed by atoms with Crippen LogP contribution in [0.25, 0.3) is 0 Å². The lowest BCUT2D eigenvalue weighted by Crippen LogP contribution is -2.43. The molecule has 2 aromatic rings. The quantitative estimate of drug-likeness (QED) is 0.667. The van der Waals surface area contributed by atoms with Gasteiger partial charge < -0.3 is 14.8 Å². The molecule has 2 aromatic carbocycles. The van der Waals surface area contributed by atoms with Gasteiger partial charge in [0.05, 0.1) is 12.2 Å². The molecule has 5 nitrogen and oxygen atoms in total. The number of thioether (sulfide) groups is 1. The summed E-state index contributed by atoms with van der Waals surface area (Å²) >= 11 is 0.415. The highest BCUT2D eigenvalue weighted by Crippen LogP contribution is 2.32. The molecule has 0 radical (unpaired) electrons. The van der Waals surface area contributed by atoms with E-state index in [1.807, 2.05) is 36.1 Å². The summed E-state index contributed by atoms with van der Waals surface area (Å²) in [4.78, 5) is 14.7. The molecule has 1 amide bonds. The zero-order chi connectivity index (χ0) is 19.9. The summed E-state index contributed by atoms with van der Waals surface area (Å²) in [5.41, 5.74) is 0.389. The van der Waals surface area contributed by atoms with E-state index in [9.17, 15) is 13.6 Å². The lowest BCUT2D eigenvalue weighted by atomic mass is 10.2. The molecule has 28 heavy (non-hydrogen) atoms. The topological polar surface area (TPSA) is 50.8 Å². The van der Waals surface area contributed by atoms with Gasteiger partial charge in [-0.2, -0.15) is 8.78 Å². The molecule has 0 saturated heterocycles. The van der Waals surface area contributed by atoms with E-state index in [1.165, 1.54) is 0 Å². The Bertz CT molecular complexity index is 807. The van der Waals surface area contributed by atoms with Gasteiger partial charge in [-0.05, 0) is 30.8 Å². The predicted molar refractivity (Wildman–Crippen MR) is 105 cm³/mol. The van der Waals surface area contributed by atoms with Gasteiger partial charge in [0.1, 0.15) is 12.7 Å². The van der Waals surface area contributed by atoms with Crippen LogP contribution in [0, 0.1) is 0 Å². The van der Waals surface area contributed by atoms with Gasteiger partial charge in [0.25, 0.3) is 5.76 Å². The first-order chi connectivity index (χ1) is 13.5. The van der Waals surface area contributed by atoms with E-state index < -0.39 is 5.76 Å². The van der Waals surface area contributed by atoms with Crippen molar-refractivity contribution in [1.82, 2.24) is 4.90 Å². The summed E-state index contributed by atoms with van der Waals surface area (Å²) in [7, 11) is 0. The number of benzene rings is 2. The SMILES string of the molecule is CCN(CC(=O)Nc1ccccc1SC(F)F)CC1COc2ccccc2O1. The fourth-order valence-electron chi connectivity index (χ4n) is 2.91. The van der Waals surface area contributed by atoms with Crippen LogP contribution in [0.1, 0.15) is 6.92 Å². The molecule has 0 spiro atoms. The van der Waals surface area contributed by atoms with Gasteiger partial charge in [-0.3, -0.25) is 9.69 Å². The molecule has 0 saturated carbocycles. The number of amides is 1. The highest BCUT2D eigenvalue weighted by molar-refractivity contribution is 7.99. The van der Waals surface area contributed by atoms with Gasteiger partial charge in [-0.1, -0.05) is 43.0 Å². The largest absolute Gasteiger partial charge is 0.486 e. The van der Waals surface area contributed by atoms with Gasteiger partial charge in [-0.15, -0.1) is 0 Å². The van der Waals surface area contributed by atoms with Gasteiger partial charge in [0.15, 0.2) is 11.5 Å². The van der Waals surface area contributed by atoms with Crippen LogP contribution in [-0.4, -0.2) is 48.9 Å². The molecular weight excluding hydrogens is 386 g/mol. The average molecular weight is 408 g/mol. The van der Waals surface area contributed by atoms with Crippen LogP contribution < -0.4 is 14.8 Å². The van der Waals surface area contributed by atoms with Crippen molar-refractivity contribution in [3.63, 3.8) is 0 Å². The van der Waals surface area contributed by atoms with Crippen molar-refractivity contribution in [3.8, 4) is 11.5 Å². The molecule has 0 fully saturated rings. The normalized spacial score (nSPS) is 15.7. The van der Waals surface area contributed by atoms with Crippen molar-refractivity contribution in [2.45, 2.75) is 23.7 Å². The Labute approximate surface area is 167 Å². The Morgan fingerprint density at radius 2 is 1.93 bits per heavy atom. The third kappa shape index (κ3) is 5.59. The van der Waals surface area contributed by atoms with Gasteiger partial charge in [0, 0.05) is 11.4 Å². The van der Waals surface area contributed by atoms with Gasteiger partial charge in [-0.25, -0.2) is 0 Å². The van der Waals surface area contributed by atoms with Crippen molar-refractivity contribution >= 4 is 23.4 Å². The van der Waals surface area contributed by atoms with Crippen LogP contribution in [0.4, 0.5) is 14.5 Å². The molecule has 0 aliphatic carbocycles. The number of alkyl halides is 2. The fourth-order valence-corrected chi connectivity index (χ4v) is 3.50. The number of rotatable bonds is 8. The summed E-state index contributed by atoms with van der Waals surface area (Å²) in [5.74, 6) is -1.40. The zero-order valence-electron chi connectivity index (χ0n) is 15.4. The second-order valence-corrected chi connectivity index (χ2v) is 7.28. The first kappa shape index (κ1) is 20.4. The summed E-state index contributed by atoms with van der Waals surface area (Å²) in [6, 6.07) is 14.0. The molecule has 0 bridgehead atoms. The summed E-state index contributed by atoms with van der Waals surface area (Å²) in [6.07, 6.45) is -0.190. The molecule has 3 rings (SSSR count). The van der Waals surface area contributed by atoms with Crippen LogP contribution in [-0.2, 0) is 4.79 Å². The molecule has 8 heteroatoms. The zero-order valence-corrected chi connectivity index (χ0v) is 16.3. The third-order valence-electron chi connectivity index (χ3n) is 4.22. The first-order valence-electron chi connectivity index (χ1n) is 8.99. The van der Waals surface area contributed by atoms with Crippen LogP contribution in [0.3, 0.4) is 0 Å². The minimum absolute atomic E-state index is 0.131. The van der Waals surface area contributed by atoms with E-state index in [1.54, 1.807) is 24.3 Å². The van der Waals surface area contributed by atoms with E-state index in [-0.39, 0.29) is 18.6 Å². The third-order valence-corrected chi connectivity index (χ3v) is 5.01. The van der Waals surface area contributed by atoms with E-state index in [2.05, 4.69) is 5.32 Å². The standard InChI is InChI=1S/C20H22F2N2O3S/c1-2-24(11-14-13-26-16-8-4-5-9-17(16)27-14)12-19(25)23-15-7-3-6-10-18(15)28-20(21)22/h3-10,14,20H,2,11-13H2,1H3,(H,23,25). The predicted octanol–water partition coefficient (Wildman–Crippen LogP) is 4.10. The van der Waals surface area contributed by atoms with Crippen molar-refractivity contribution in [3.05, 3.63) is 48.5 Å². The molecule has 1 aliphatic rings. The number of hydrogen-bond acceptors (Lipinski definition) is 5. The molecule has 150 valence electrons. The maximum Gasteiger partial charge on any atom is 0.288 e. The first-order valence-corrected chi connectivity index (χ1v) is 9.87. The fraction of sp³-hybridized carbons (Fsp3) is 0.350. The van der Waals surface area contributed by atoms with E-state index in [4.69, 9.17) is 9.47 Å². The van der Waals surface area contributed by atoms with E-state index >= 15 is 0 Å². The number of carbonyl (C=O) groups excluding carboxylic acids is 1. The molecule has 1 N–H and O–H groups in total. The Kier molecular flexibility index (Phi) is 7.11. The van der Waals surface area contributed by atoms with Crippen LogP contribution in [0.5, 0.6) is 11.5 Å². The van der Waals surface area contributed by atoms with E-state index in [0.29, 0.717) is 53.5 Å². The summed E-state index contributed by atoms with van der Waals surface area (Å²) < 4.78 is 37.0. The van der Waals surface area contributed by atoms with Crippen molar-refractivity contribution in [2.75, 3.05) is 31.6 Å². The second-order valence-electron chi connectivity index (χ2n) is 6.25. The van der Waals surface area contributed by atoms with Crippen LogP contribution >= 0.6 is 11.8 Å². The Hall–Kier alpha value is -2.32. The van der Waals surface area contributed by atoms with Crippen molar-refractivity contribution in [2.24, 2.45) is 0 Å². The number of para-hydroxylation sites is 3. The second kappa shape index (κ2) is 9.75. The Morgan fingerprint density at radius 3 is 2.68 bits per heavy atom. The highest BCUT2D eigenvalue weighted by atomic mass is 32.2. The number of fused-ring (bicyclic) bond motifs is 1. The monoisotopic (exact) mass is 408 g/mol. The number of hydrogen-bond donors (Lipinski definition) is 1. The Balaban J connectivity index is 1.56. The lowest BCUT2D eigenvalue weighted by molar-refractivity contribution is -0.117. The molecular formula is C20H22F2N2O3S. The molecule has 1 unspecified atom stereocenters. The van der Waals surface area contributed by atoms with E-state index in [0.717, 1.165) is 0 Å². The van der Waals surface area contributed by atoms with Crippen LogP contribution in [0.15, 0.2) is 53.4 Å². The van der Waals surface area contributed by atoms with Gasteiger partial charge in [0.2, 0.25) is 5.91 Å². The van der Waals surface area contributed by atoms with Crippen molar-refractivity contribution < 1.29 is 23.0 Å². The number of nitrogens with zero attached hydrogens (tertiary/aromatic N) is 1. The smallest absolute Gasteiger partial charge is 0.288 e. The summed E-state index contributed by atoms with van der Waals surface area (Å²) in [5, 5.41) is 2.73. The average Bonchev–Trinajstić information content (AvgIpc) is 2.68. The van der Waals surface area contributed by atoms with Crippen molar-refractivity contribution in [1.29, 1.82) is 0 Å². The minimum atomic E-state index is -2.54. The lowest BCUT2D eigenvalue weighted by Gasteiger charge is -2.30. The molecule has 0 aromatic heterocycles. The maximum absolute atomic E-state index is 12.7. The van der Waals surface area contributed by atoms with Gasteiger partial charge >= 0.3 is 0 Å². The number of likely N-dealkylation sites (N-methyl/N-ethyl adjacent to an activating group) is 1. The Morgan fingerprint density at radius 1 is 1.21 bits per heavy atom. The number of anilines is 1. The minimum Gasteiger partial charge on any atom is -0.486 e. The molecule has 1 heterocycles. The molecule has 1 aliphatic heterocycles. The number of ether oxygens (including phenoxy) is 2. The maximum atomic E-state index is 12.7. The highest BCUT2D eigenvalue weighted by Gasteiger charge is 2.23. The number of carbonyl (C=O) groups is 1. The number of nitrogens with one attached hydrogen (secondary N) is 1.